The number of aryl methyl sites for hydroxylation is 1. The van der Waals surface area contributed by atoms with Gasteiger partial charge in [-0.05, 0) is 36.2 Å². The quantitative estimate of drug-likeness (QED) is 0.794. The van der Waals surface area contributed by atoms with Crippen LogP contribution in [0.2, 0.25) is 0 Å². The van der Waals surface area contributed by atoms with Gasteiger partial charge in [0.05, 0.1) is 11.4 Å². The zero-order valence-electron chi connectivity index (χ0n) is 10.4. The van der Waals surface area contributed by atoms with E-state index in [1.807, 2.05) is 18.2 Å². The van der Waals surface area contributed by atoms with Crippen LogP contribution in [0.25, 0.3) is 0 Å². The van der Waals surface area contributed by atoms with Gasteiger partial charge in [-0.1, -0.05) is 31.5 Å². The van der Waals surface area contributed by atoms with Gasteiger partial charge in [0.15, 0.2) is 0 Å². The molecule has 0 unspecified atom stereocenters. The maximum absolute atomic E-state index is 13.0. The lowest BCUT2D eigenvalue weighted by Gasteiger charge is -2.13. The van der Waals surface area contributed by atoms with Crippen molar-refractivity contribution >= 4 is 17.1 Å². The Labute approximate surface area is 107 Å². The molecule has 0 amide bonds. The topological polar surface area (TPSA) is 38.0 Å². The van der Waals surface area contributed by atoms with E-state index in [1.54, 1.807) is 6.07 Å². The Morgan fingerprint density at radius 1 is 1.11 bits per heavy atom. The minimum absolute atomic E-state index is 0.320. The van der Waals surface area contributed by atoms with Crippen LogP contribution in [0.3, 0.4) is 0 Å². The van der Waals surface area contributed by atoms with Crippen molar-refractivity contribution in [3.8, 4) is 0 Å². The van der Waals surface area contributed by atoms with E-state index < -0.39 is 0 Å². The molecule has 2 aromatic carbocycles. The number of anilines is 3. The molecule has 0 aliphatic rings. The highest BCUT2D eigenvalue weighted by atomic mass is 19.1. The summed E-state index contributed by atoms with van der Waals surface area (Å²) in [5.41, 5.74) is 9.21. The summed E-state index contributed by atoms with van der Waals surface area (Å²) in [7, 11) is 0. The minimum Gasteiger partial charge on any atom is -0.397 e. The summed E-state index contributed by atoms with van der Waals surface area (Å²) in [6, 6.07) is 12.5. The molecule has 0 aliphatic heterocycles. The molecular formula is C15H17FN2. The van der Waals surface area contributed by atoms with Crippen LogP contribution < -0.4 is 11.1 Å². The van der Waals surface area contributed by atoms with Crippen molar-refractivity contribution in [2.45, 2.75) is 19.8 Å². The van der Waals surface area contributed by atoms with Gasteiger partial charge in [-0.3, -0.25) is 0 Å². The van der Waals surface area contributed by atoms with Crippen LogP contribution >= 0.6 is 0 Å². The molecule has 94 valence electrons. The van der Waals surface area contributed by atoms with Crippen molar-refractivity contribution in [1.29, 1.82) is 0 Å². The Bertz CT molecular complexity index is 538. The van der Waals surface area contributed by atoms with Gasteiger partial charge in [0.1, 0.15) is 5.82 Å². The summed E-state index contributed by atoms with van der Waals surface area (Å²) < 4.78 is 13.0. The number of hydrogen-bond acceptors (Lipinski definition) is 2. The number of para-hydroxylation sites is 1. The molecule has 0 atom stereocenters. The number of nitrogens with two attached hydrogens (primary N) is 1. The molecule has 0 bridgehead atoms. The lowest BCUT2D eigenvalue weighted by atomic mass is 10.1. The molecule has 0 fully saturated rings. The van der Waals surface area contributed by atoms with Crippen molar-refractivity contribution in [1.82, 2.24) is 0 Å². The molecule has 3 heteroatoms. The second-order valence-corrected chi connectivity index (χ2v) is 4.26. The number of rotatable bonds is 4. The normalized spacial score (nSPS) is 10.3. The number of nitrogens with one attached hydrogen (secondary N) is 1. The van der Waals surface area contributed by atoms with Crippen LogP contribution in [0.4, 0.5) is 21.5 Å². The maximum atomic E-state index is 13.0. The van der Waals surface area contributed by atoms with E-state index in [1.165, 1.54) is 17.7 Å². The first-order chi connectivity index (χ1) is 8.70. The smallest absolute Gasteiger partial charge is 0.125 e. The summed E-state index contributed by atoms with van der Waals surface area (Å²) in [6.45, 7) is 2.14. The molecule has 3 N–H and O–H groups in total. The lowest BCUT2D eigenvalue weighted by molar-refractivity contribution is 0.628. The Hall–Kier alpha value is -2.03. The van der Waals surface area contributed by atoms with Gasteiger partial charge in [-0.15, -0.1) is 0 Å². The maximum Gasteiger partial charge on any atom is 0.125 e. The van der Waals surface area contributed by atoms with Gasteiger partial charge >= 0.3 is 0 Å². The summed E-state index contributed by atoms with van der Waals surface area (Å²) in [5.74, 6) is -0.320. The van der Waals surface area contributed by atoms with E-state index in [9.17, 15) is 4.39 Å². The average Bonchev–Trinajstić information content (AvgIpc) is 2.35. The molecule has 2 nitrogen and oxygen atoms in total. The zero-order valence-corrected chi connectivity index (χ0v) is 10.4. The molecule has 0 radical (unpaired) electrons. The van der Waals surface area contributed by atoms with E-state index >= 15 is 0 Å². The van der Waals surface area contributed by atoms with Crippen molar-refractivity contribution in [3.05, 3.63) is 53.8 Å². The SMILES string of the molecule is CCCc1ccccc1Nc1ccc(F)cc1N. The highest BCUT2D eigenvalue weighted by Gasteiger charge is 2.04. The van der Waals surface area contributed by atoms with Crippen molar-refractivity contribution in [2.24, 2.45) is 0 Å². The van der Waals surface area contributed by atoms with Crippen LogP contribution in [0, 0.1) is 5.82 Å². The Morgan fingerprint density at radius 3 is 2.61 bits per heavy atom. The van der Waals surface area contributed by atoms with E-state index in [4.69, 9.17) is 5.73 Å². The van der Waals surface area contributed by atoms with Gasteiger partial charge < -0.3 is 11.1 Å². The third-order valence-electron chi connectivity index (χ3n) is 2.82. The van der Waals surface area contributed by atoms with Crippen molar-refractivity contribution in [3.63, 3.8) is 0 Å². The Balaban J connectivity index is 2.28. The molecule has 18 heavy (non-hydrogen) atoms. The van der Waals surface area contributed by atoms with Crippen LogP contribution in [0.15, 0.2) is 42.5 Å². The molecule has 0 aliphatic carbocycles. The van der Waals surface area contributed by atoms with E-state index in [-0.39, 0.29) is 5.82 Å². The fourth-order valence-corrected chi connectivity index (χ4v) is 1.92. The van der Waals surface area contributed by atoms with Crippen LogP contribution in [-0.2, 0) is 6.42 Å². The van der Waals surface area contributed by atoms with Gasteiger partial charge in [0.25, 0.3) is 0 Å². The second kappa shape index (κ2) is 5.54. The molecule has 2 aromatic rings. The molecule has 0 heterocycles. The fraction of sp³-hybridized carbons (Fsp3) is 0.200. The molecule has 0 saturated heterocycles. The Morgan fingerprint density at radius 2 is 1.89 bits per heavy atom. The summed E-state index contributed by atoms with van der Waals surface area (Å²) in [5, 5.41) is 3.26. The highest BCUT2D eigenvalue weighted by Crippen LogP contribution is 2.26. The van der Waals surface area contributed by atoms with E-state index in [0.717, 1.165) is 24.2 Å². The number of benzene rings is 2. The molecular weight excluding hydrogens is 227 g/mol. The van der Waals surface area contributed by atoms with Crippen LogP contribution in [0.1, 0.15) is 18.9 Å². The van der Waals surface area contributed by atoms with Gasteiger partial charge in [0, 0.05) is 5.69 Å². The summed E-state index contributed by atoms with van der Waals surface area (Å²) in [4.78, 5) is 0. The predicted octanol–water partition coefficient (Wildman–Crippen LogP) is 4.10. The second-order valence-electron chi connectivity index (χ2n) is 4.26. The third kappa shape index (κ3) is 2.80. The number of halogens is 1. The standard InChI is InChI=1S/C15H17FN2/c1-2-5-11-6-3-4-7-14(11)18-15-9-8-12(16)10-13(15)17/h3-4,6-10,18H,2,5,17H2,1H3. The van der Waals surface area contributed by atoms with Crippen molar-refractivity contribution in [2.75, 3.05) is 11.1 Å². The zero-order chi connectivity index (χ0) is 13.0. The van der Waals surface area contributed by atoms with Crippen LogP contribution in [0.5, 0.6) is 0 Å². The molecule has 0 spiro atoms. The summed E-state index contributed by atoms with van der Waals surface area (Å²) in [6.07, 6.45) is 2.09. The highest BCUT2D eigenvalue weighted by molar-refractivity contribution is 5.73. The molecule has 0 saturated carbocycles. The van der Waals surface area contributed by atoms with Crippen LogP contribution in [-0.4, -0.2) is 0 Å². The number of nitrogen functional groups attached to an aromatic ring is 1. The first-order valence-corrected chi connectivity index (χ1v) is 6.10. The van der Waals surface area contributed by atoms with Gasteiger partial charge in [0.2, 0.25) is 0 Å². The van der Waals surface area contributed by atoms with E-state index in [0.29, 0.717) is 5.69 Å². The third-order valence-corrected chi connectivity index (χ3v) is 2.82. The van der Waals surface area contributed by atoms with Gasteiger partial charge in [-0.2, -0.15) is 0 Å². The number of hydrogen-bond donors (Lipinski definition) is 2. The first-order valence-electron chi connectivity index (χ1n) is 6.10. The van der Waals surface area contributed by atoms with Crippen molar-refractivity contribution < 1.29 is 4.39 Å². The molecule has 2 rings (SSSR count). The first kappa shape index (κ1) is 12.4. The average molecular weight is 244 g/mol. The molecule has 0 aromatic heterocycles. The minimum atomic E-state index is -0.320. The van der Waals surface area contributed by atoms with E-state index in [2.05, 4.69) is 18.3 Å². The van der Waals surface area contributed by atoms with Gasteiger partial charge in [-0.25, -0.2) is 4.39 Å². The lowest BCUT2D eigenvalue weighted by Crippen LogP contribution is -1.99. The summed E-state index contributed by atoms with van der Waals surface area (Å²) >= 11 is 0. The monoisotopic (exact) mass is 244 g/mol. The Kier molecular flexibility index (Phi) is 3.82. The predicted molar refractivity (Wildman–Crippen MR) is 74.5 cm³/mol. The fourth-order valence-electron chi connectivity index (χ4n) is 1.92. The largest absolute Gasteiger partial charge is 0.397 e.